The maximum absolute atomic E-state index is 12.3. The van der Waals surface area contributed by atoms with Crippen molar-refractivity contribution in [3.63, 3.8) is 0 Å². The van der Waals surface area contributed by atoms with Gasteiger partial charge in [0.2, 0.25) is 0 Å². The molecule has 2 rings (SSSR count). The van der Waals surface area contributed by atoms with Crippen LogP contribution in [0.25, 0.3) is 0 Å². The quantitative estimate of drug-likeness (QED) is 0.851. The maximum Gasteiger partial charge on any atom is 0.261 e. The van der Waals surface area contributed by atoms with Crippen molar-refractivity contribution in [2.45, 2.75) is 18.2 Å². The van der Waals surface area contributed by atoms with Crippen LogP contribution in [0.3, 0.4) is 0 Å². The first-order chi connectivity index (χ1) is 9.44. The van der Waals surface area contributed by atoms with Crippen LogP contribution in [-0.4, -0.2) is 8.42 Å². The molecule has 2 aromatic carbocycles. The molecule has 0 amide bonds. The molecule has 106 valence electrons. The second-order valence-corrected chi connectivity index (χ2v) is 6.39. The fourth-order valence-corrected chi connectivity index (χ4v) is 3.18. The van der Waals surface area contributed by atoms with E-state index in [4.69, 9.17) is 17.3 Å². The first kappa shape index (κ1) is 14.7. The highest BCUT2D eigenvalue weighted by molar-refractivity contribution is 7.92. The molecule has 0 aliphatic heterocycles. The maximum atomic E-state index is 12.3. The fourth-order valence-electron chi connectivity index (χ4n) is 1.81. The number of nitrogen functional groups attached to an aromatic ring is 1. The summed E-state index contributed by atoms with van der Waals surface area (Å²) in [6, 6.07) is 11.5. The van der Waals surface area contributed by atoms with Crippen molar-refractivity contribution in [2.75, 3.05) is 10.5 Å². The lowest BCUT2D eigenvalue weighted by Crippen LogP contribution is -2.14. The molecule has 6 heteroatoms. The molecule has 0 fully saturated rings. The summed E-state index contributed by atoms with van der Waals surface area (Å²) >= 11 is 5.86. The number of halogens is 1. The van der Waals surface area contributed by atoms with Crippen molar-refractivity contribution in [1.29, 1.82) is 0 Å². The number of anilines is 2. The Morgan fingerprint density at radius 1 is 1.20 bits per heavy atom. The normalized spacial score (nSPS) is 11.3. The molecule has 4 nitrogen and oxygen atoms in total. The molecule has 0 saturated carbocycles. The van der Waals surface area contributed by atoms with Crippen LogP contribution in [0.2, 0.25) is 5.02 Å². The van der Waals surface area contributed by atoms with E-state index in [0.29, 0.717) is 11.4 Å². The number of aryl methyl sites for hydroxylation is 1. The summed E-state index contributed by atoms with van der Waals surface area (Å²) in [6.45, 7) is 1.97. The monoisotopic (exact) mass is 310 g/mol. The molecule has 0 unspecified atom stereocenters. The first-order valence-corrected chi connectivity index (χ1v) is 7.96. The highest BCUT2D eigenvalue weighted by atomic mass is 35.5. The van der Waals surface area contributed by atoms with Gasteiger partial charge in [0.15, 0.2) is 0 Å². The Morgan fingerprint density at radius 3 is 2.55 bits per heavy atom. The van der Waals surface area contributed by atoms with E-state index in [1.54, 1.807) is 12.1 Å². The van der Waals surface area contributed by atoms with Crippen LogP contribution in [0.4, 0.5) is 11.4 Å². The van der Waals surface area contributed by atoms with Gasteiger partial charge < -0.3 is 5.73 Å². The Kier molecular flexibility index (Phi) is 4.20. The van der Waals surface area contributed by atoms with Crippen molar-refractivity contribution < 1.29 is 8.42 Å². The molecule has 0 aromatic heterocycles. The van der Waals surface area contributed by atoms with Gasteiger partial charge in [0, 0.05) is 0 Å². The summed E-state index contributed by atoms with van der Waals surface area (Å²) in [5.41, 5.74) is 7.43. The zero-order valence-corrected chi connectivity index (χ0v) is 12.5. The minimum Gasteiger partial charge on any atom is -0.398 e. The van der Waals surface area contributed by atoms with Crippen LogP contribution in [0.5, 0.6) is 0 Å². The number of benzene rings is 2. The van der Waals surface area contributed by atoms with Crippen LogP contribution >= 0.6 is 11.6 Å². The molecule has 20 heavy (non-hydrogen) atoms. The predicted octanol–water partition coefficient (Wildman–Crippen LogP) is 3.29. The van der Waals surface area contributed by atoms with E-state index in [1.807, 2.05) is 19.1 Å². The van der Waals surface area contributed by atoms with Crippen LogP contribution in [-0.2, 0) is 16.4 Å². The SMILES string of the molecule is CCc1ccccc1NS(=O)(=O)c1ccc(N)c(Cl)c1. The van der Waals surface area contributed by atoms with Crippen LogP contribution in [0.15, 0.2) is 47.4 Å². The molecule has 0 aliphatic rings. The Labute approximate surface area is 123 Å². The van der Waals surface area contributed by atoms with Gasteiger partial charge in [-0.15, -0.1) is 0 Å². The zero-order valence-electron chi connectivity index (χ0n) is 10.9. The third-order valence-corrected chi connectivity index (χ3v) is 4.62. The van der Waals surface area contributed by atoms with E-state index in [0.717, 1.165) is 12.0 Å². The lowest BCUT2D eigenvalue weighted by Gasteiger charge is -2.12. The summed E-state index contributed by atoms with van der Waals surface area (Å²) in [7, 11) is -3.68. The Morgan fingerprint density at radius 2 is 1.90 bits per heavy atom. The van der Waals surface area contributed by atoms with Crippen molar-refractivity contribution in [1.82, 2.24) is 0 Å². The number of nitrogens with two attached hydrogens (primary N) is 1. The van der Waals surface area contributed by atoms with E-state index >= 15 is 0 Å². The molecule has 0 spiro atoms. The van der Waals surface area contributed by atoms with Gasteiger partial charge in [-0.05, 0) is 36.2 Å². The van der Waals surface area contributed by atoms with Gasteiger partial charge in [-0.25, -0.2) is 8.42 Å². The van der Waals surface area contributed by atoms with E-state index in [9.17, 15) is 8.42 Å². The minimum absolute atomic E-state index is 0.0857. The van der Waals surface area contributed by atoms with Gasteiger partial charge in [0.25, 0.3) is 10.0 Å². The van der Waals surface area contributed by atoms with Gasteiger partial charge in [0.05, 0.1) is 21.3 Å². The average molecular weight is 311 g/mol. The number of nitrogens with one attached hydrogen (secondary N) is 1. The number of hydrogen-bond acceptors (Lipinski definition) is 3. The summed E-state index contributed by atoms with van der Waals surface area (Å²) < 4.78 is 27.2. The molecule has 0 aliphatic carbocycles. The molecular weight excluding hydrogens is 296 g/mol. The zero-order chi connectivity index (χ0) is 14.8. The Hall–Kier alpha value is -1.72. The molecule has 2 aromatic rings. The van der Waals surface area contributed by atoms with Gasteiger partial charge in [0.1, 0.15) is 0 Å². The summed E-state index contributed by atoms with van der Waals surface area (Å²) in [4.78, 5) is 0.0857. The van der Waals surface area contributed by atoms with Crippen molar-refractivity contribution in [2.24, 2.45) is 0 Å². The Balaban J connectivity index is 2.38. The molecule has 3 N–H and O–H groups in total. The third kappa shape index (κ3) is 3.05. The first-order valence-electron chi connectivity index (χ1n) is 6.10. The molecule has 0 radical (unpaired) electrons. The highest BCUT2D eigenvalue weighted by Gasteiger charge is 2.16. The van der Waals surface area contributed by atoms with Crippen LogP contribution in [0, 0.1) is 0 Å². The van der Waals surface area contributed by atoms with E-state index in [-0.39, 0.29) is 9.92 Å². The Bertz CT molecular complexity index is 730. The molecule has 0 atom stereocenters. The number of para-hydroxylation sites is 1. The summed E-state index contributed by atoms with van der Waals surface area (Å²) in [5, 5.41) is 0.219. The second-order valence-electron chi connectivity index (χ2n) is 4.30. The molecule has 0 bridgehead atoms. The fraction of sp³-hybridized carbons (Fsp3) is 0.143. The average Bonchev–Trinajstić information content (AvgIpc) is 2.42. The van der Waals surface area contributed by atoms with E-state index in [2.05, 4.69) is 4.72 Å². The second kappa shape index (κ2) is 5.73. The lowest BCUT2D eigenvalue weighted by molar-refractivity contribution is 0.601. The standard InChI is InChI=1S/C14H15ClN2O2S/c1-2-10-5-3-4-6-14(10)17-20(18,19)11-7-8-13(16)12(15)9-11/h3-9,17H,2,16H2,1H3. The largest absolute Gasteiger partial charge is 0.398 e. The number of sulfonamides is 1. The van der Waals surface area contributed by atoms with Gasteiger partial charge in [-0.1, -0.05) is 36.7 Å². The van der Waals surface area contributed by atoms with Crippen LogP contribution < -0.4 is 10.5 Å². The van der Waals surface area contributed by atoms with Gasteiger partial charge in [-0.2, -0.15) is 0 Å². The summed E-state index contributed by atoms with van der Waals surface area (Å²) in [5.74, 6) is 0. The molecular formula is C14H15ClN2O2S. The van der Waals surface area contributed by atoms with E-state index in [1.165, 1.54) is 18.2 Å². The number of hydrogen-bond donors (Lipinski definition) is 2. The smallest absolute Gasteiger partial charge is 0.261 e. The minimum atomic E-state index is -3.68. The summed E-state index contributed by atoms with van der Waals surface area (Å²) in [6.07, 6.45) is 0.737. The molecule has 0 saturated heterocycles. The third-order valence-electron chi connectivity index (χ3n) is 2.92. The van der Waals surface area contributed by atoms with Crippen LogP contribution in [0.1, 0.15) is 12.5 Å². The highest BCUT2D eigenvalue weighted by Crippen LogP contribution is 2.25. The topological polar surface area (TPSA) is 72.2 Å². The van der Waals surface area contributed by atoms with Gasteiger partial charge in [-0.3, -0.25) is 4.72 Å². The van der Waals surface area contributed by atoms with E-state index < -0.39 is 10.0 Å². The van der Waals surface area contributed by atoms with Gasteiger partial charge >= 0.3 is 0 Å². The molecule has 0 heterocycles. The van der Waals surface area contributed by atoms with Crippen molar-refractivity contribution in [3.05, 3.63) is 53.1 Å². The van der Waals surface area contributed by atoms with Crippen molar-refractivity contribution in [3.8, 4) is 0 Å². The lowest BCUT2D eigenvalue weighted by atomic mass is 10.1. The predicted molar refractivity (Wildman–Crippen MR) is 82.5 cm³/mol. The van der Waals surface area contributed by atoms with Crippen molar-refractivity contribution >= 4 is 33.0 Å². The number of rotatable bonds is 4.